The summed E-state index contributed by atoms with van der Waals surface area (Å²) < 4.78 is 27.3. The molecule has 0 aromatic heterocycles. The van der Waals surface area contributed by atoms with E-state index in [1.165, 1.54) is 23.9 Å². The van der Waals surface area contributed by atoms with Gasteiger partial charge >= 0.3 is 0 Å². The molecule has 2 atom stereocenters. The molecule has 2 fully saturated rings. The summed E-state index contributed by atoms with van der Waals surface area (Å²) in [5.41, 5.74) is -0.642. The topological polar surface area (TPSA) is 41.5 Å². The van der Waals surface area contributed by atoms with Gasteiger partial charge in [0.15, 0.2) is 5.17 Å². The van der Waals surface area contributed by atoms with Crippen molar-refractivity contribution in [3.8, 4) is 0 Å². The fourth-order valence-electron chi connectivity index (χ4n) is 3.42. The summed E-state index contributed by atoms with van der Waals surface area (Å²) in [6, 6.07) is 5.87. The molecule has 1 heterocycles. The third-order valence-electron chi connectivity index (χ3n) is 5.12. The Hall–Kier alpha value is -1.43. The third-order valence-corrected chi connectivity index (χ3v) is 6.48. The van der Waals surface area contributed by atoms with E-state index in [4.69, 9.17) is 0 Å². The number of carbonyl (C=O) groups is 1. The van der Waals surface area contributed by atoms with Crippen molar-refractivity contribution in [3.63, 3.8) is 0 Å². The minimum atomic E-state index is -1.49. The van der Waals surface area contributed by atoms with Gasteiger partial charge in [0, 0.05) is 0 Å². The number of aliphatic imine (C=N–C) groups is 1. The maximum absolute atomic E-state index is 15.4. The lowest BCUT2D eigenvalue weighted by Crippen LogP contribution is -2.52. The Labute approximate surface area is 145 Å². The first kappa shape index (κ1) is 17.4. The lowest BCUT2D eigenvalue weighted by atomic mass is 9.77. The Morgan fingerprint density at radius 2 is 1.83 bits per heavy atom. The Kier molecular flexibility index (Phi) is 4.69. The van der Waals surface area contributed by atoms with Crippen molar-refractivity contribution < 1.29 is 13.6 Å². The SMILES string of the molecule is C[C@H](N=C1NC(=O)C(C)(C2(F)CCCCC2)S1)c1ccc(F)cc1. The number of rotatable bonds is 3. The Morgan fingerprint density at radius 3 is 2.46 bits per heavy atom. The molecular weight excluding hydrogens is 330 g/mol. The van der Waals surface area contributed by atoms with Crippen LogP contribution < -0.4 is 5.32 Å². The fourth-order valence-corrected chi connectivity index (χ4v) is 4.69. The molecule has 1 saturated carbocycles. The van der Waals surface area contributed by atoms with Gasteiger partial charge in [-0.15, -0.1) is 0 Å². The molecule has 2 aliphatic rings. The van der Waals surface area contributed by atoms with Crippen molar-refractivity contribution in [2.45, 2.75) is 62.4 Å². The average Bonchev–Trinajstić information content (AvgIpc) is 2.84. The summed E-state index contributed by atoms with van der Waals surface area (Å²) in [5, 5.41) is 3.19. The molecule has 1 aromatic carbocycles. The van der Waals surface area contributed by atoms with Crippen LogP contribution in [0.4, 0.5) is 8.78 Å². The zero-order valence-electron chi connectivity index (χ0n) is 13.9. The number of benzene rings is 1. The highest BCUT2D eigenvalue weighted by Gasteiger charge is 2.58. The molecular formula is C18H22F2N2OS. The fraction of sp³-hybridized carbons (Fsp3) is 0.556. The van der Waals surface area contributed by atoms with E-state index in [-0.39, 0.29) is 17.8 Å². The third kappa shape index (κ3) is 3.08. The molecule has 130 valence electrons. The predicted octanol–water partition coefficient (Wildman–Crippen LogP) is 4.54. The Bertz CT molecular complexity index is 655. The molecule has 1 aliphatic carbocycles. The Morgan fingerprint density at radius 1 is 1.21 bits per heavy atom. The van der Waals surface area contributed by atoms with Crippen LogP contribution in [0.15, 0.2) is 29.3 Å². The zero-order chi connectivity index (χ0) is 17.4. The van der Waals surface area contributed by atoms with E-state index in [2.05, 4.69) is 10.3 Å². The quantitative estimate of drug-likeness (QED) is 0.868. The molecule has 0 spiro atoms. The van der Waals surface area contributed by atoms with E-state index in [1.807, 2.05) is 6.92 Å². The summed E-state index contributed by atoms with van der Waals surface area (Å²) >= 11 is 1.19. The van der Waals surface area contributed by atoms with Crippen LogP contribution in [-0.2, 0) is 4.79 Å². The van der Waals surface area contributed by atoms with Crippen LogP contribution in [-0.4, -0.2) is 21.5 Å². The molecule has 1 unspecified atom stereocenters. The molecule has 1 N–H and O–H groups in total. The van der Waals surface area contributed by atoms with E-state index in [1.54, 1.807) is 19.1 Å². The summed E-state index contributed by atoms with van der Waals surface area (Å²) in [6.45, 7) is 3.55. The van der Waals surface area contributed by atoms with Crippen LogP contribution in [0.5, 0.6) is 0 Å². The number of thioether (sulfide) groups is 1. The summed E-state index contributed by atoms with van der Waals surface area (Å²) in [6.07, 6.45) is 3.50. The van der Waals surface area contributed by atoms with E-state index in [0.29, 0.717) is 18.0 Å². The van der Waals surface area contributed by atoms with Crippen molar-refractivity contribution >= 4 is 22.8 Å². The largest absolute Gasteiger partial charge is 0.304 e. The van der Waals surface area contributed by atoms with E-state index < -0.39 is 10.4 Å². The number of halogens is 2. The summed E-state index contributed by atoms with van der Waals surface area (Å²) in [5.74, 6) is -0.603. The second kappa shape index (κ2) is 6.47. The maximum Gasteiger partial charge on any atom is 0.245 e. The Balaban J connectivity index is 1.79. The average molecular weight is 352 g/mol. The highest BCUT2D eigenvalue weighted by molar-refractivity contribution is 8.16. The lowest BCUT2D eigenvalue weighted by molar-refractivity contribution is -0.125. The number of carbonyl (C=O) groups excluding carboxylic acids is 1. The number of hydrogen-bond donors (Lipinski definition) is 1. The van der Waals surface area contributed by atoms with Crippen LogP contribution >= 0.6 is 11.8 Å². The van der Waals surface area contributed by atoms with E-state index in [0.717, 1.165) is 24.8 Å². The molecule has 1 aromatic rings. The van der Waals surface area contributed by atoms with Gasteiger partial charge in [-0.1, -0.05) is 43.2 Å². The standard InChI is InChI=1S/C18H22F2N2OS/c1-12(13-6-8-14(19)9-7-13)21-16-22-15(23)17(2,24-16)18(20)10-4-3-5-11-18/h6-9,12H,3-5,10-11H2,1-2H3,(H,21,22,23)/t12-,17?/m0/s1. The zero-order valence-corrected chi connectivity index (χ0v) is 14.8. The minimum absolute atomic E-state index is 0.238. The lowest BCUT2D eigenvalue weighted by Gasteiger charge is -2.39. The van der Waals surface area contributed by atoms with Gasteiger partial charge < -0.3 is 5.32 Å². The first-order valence-corrected chi connectivity index (χ1v) is 9.18. The normalized spacial score (nSPS) is 29.5. The van der Waals surface area contributed by atoms with Crippen molar-refractivity contribution in [2.24, 2.45) is 4.99 Å². The number of nitrogens with zero attached hydrogens (tertiary/aromatic N) is 1. The number of amidine groups is 1. The molecule has 0 bridgehead atoms. The number of alkyl halides is 1. The number of amides is 1. The van der Waals surface area contributed by atoms with Gasteiger partial charge in [0.2, 0.25) is 5.91 Å². The smallest absolute Gasteiger partial charge is 0.245 e. The van der Waals surface area contributed by atoms with Crippen LogP contribution in [0, 0.1) is 5.82 Å². The van der Waals surface area contributed by atoms with Crippen LogP contribution in [0.25, 0.3) is 0 Å². The molecule has 3 nitrogen and oxygen atoms in total. The highest BCUT2D eigenvalue weighted by atomic mass is 32.2. The van der Waals surface area contributed by atoms with Crippen LogP contribution in [0.3, 0.4) is 0 Å². The van der Waals surface area contributed by atoms with Gasteiger partial charge in [-0.2, -0.15) is 0 Å². The van der Waals surface area contributed by atoms with Gasteiger partial charge in [-0.25, -0.2) is 8.78 Å². The first-order valence-electron chi connectivity index (χ1n) is 8.37. The molecule has 1 aliphatic heterocycles. The van der Waals surface area contributed by atoms with Crippen molar-refractivity contribution in [1.82, 2.24) is 5.32 Å². The van der Waals surface area contributed by atoms with E-state index in [9.17, 15) is 9.18 Å². The molecule has 0 radical (unpaired) electrons. The van der Waals surface area contributed by atoms with Gasteiger partial charge in [-0.05, 0) is 44.4 Å². The molecule has 24 heavy (non-hydrogen) atoms. The van der Waals surface area contributed by atoms with Gasteiger partial charge in [0.1, 0.15) is 16.2 Å². The minimum Gasteiger partial charge on any atom is -0.304 e. The summed E-state index contributed by atoms with van der Waals surface area (Å²) in [7, 11) is 0. The van der Waals surface area contributed by atoms with Crippen molar-refractivity contribution in [1.29, 1.82) is 0 Å². The number of nitrogens with one attached hydrogen (secondary N) is 1. The predicted molar refractivity (Wildman–Crippen MR) is 93.3 cm³/mol. The van der Waals surface area contributed by atoms with Crippen LogP contribution in [0.1, 0.15) is 57.6 Å². The second-order valence-corrected chi connectivity index (χ2v) is 8.18. The van der Waals surface area contributed by atoms with Crippen molar-refractivity contribution in [2.75, 3.05) is 0 Å². The molecule has 3 rings (SSSR count). The van der Waals surface area contributed by atoms with E-state index >= 15 is 4.39 Å². The van der Waals surface area contributed by atoms with Crippen molar-refractivity contribution in [3.05, 3.63) is 35.6 Å². The van der Waals surface area contributed by atoms with Crippen LogP contribution in [0.2, 0.25) is 0 Å². The van der Waals surface area contributed by atoms with Gasteiger partial charge in [-0.3, -0.25) is 9.79 Å². The second-order valence-electron chi connectivity index (χ2n) is 6.78. The molecule has 6 heteroatoms. The molecule has 1 saturated heterocycles. The molecule has 1 amide bonds. The van der Waals surface area contributed by atoms with Gasteiger partial charge in [0.05, 0.1) is 6.04 Å². The number of hydrogen-bond acceptors (Lipinski definition) is 3. The summed E-state index contributed by atoms with van der Waals surface area (Å²) in [4.78, 5) is 17.0. The highest BCUT2D eigenvalue weighted by Crippen LogP contribution is 2.50. The first-order chi connectivity index (χ1) is 11.3. The van der Waals surface area contributed by atoms with Gasteiger partial charge in [0.25, 0.3) is 0 Å². The maximum atomic E-state index is 15.4. The monoisotopic (exact) mass is 352 g/mol.